The minimum Gasteiger partial charge on any atom is -0.371 e. The SMILES string of the molecule is CCn1nc(C)cc1C(=O)Nc1nc2cc(C(C)=O)cc3c2n1[C@@H](C/C=C\C[C@H]1CN(C)c2cc(C(N)=O)cc4nc(NC(=O)c5cc(C)nn5CC)n1c24)CN3C. The first kappa shape index (κ1) is 38.1. The highest BCUT2D eigenvalue weighted by atomic mass is 16.2. The Labute approximate surface area is 334 Å². The van der Waals surface area contributed by atoms with Crippen molar-refractivity contribution in [1.29, 1.82) is 0 Å². The average Bonchev–Trinajstić information content (AvgIpc) is 3.96. The Morgan fingerprint density at radius 2 is 1.14 bits per heavy atom. The van der Waals surface area contributed by atoms with Crippen LogP contribution in [0, 0.1) is 13.8 Å². The maximum atomic E-state index is 13.7. The first-order valence-electron chi connectivity index (χ1n) is 19.5. The van der Waals surface area contributed by atoms with Crippen LogP contribution < -0.4 is 26.2 Å². The number of carbonyl (C=O) groups is 4. The van der Waals surface area contributed by atoms with Crippen molar-refractivity contribution in [3.05, 3.63) is 82.5 Å². The molecule has 2 aromatic carbocycles. The predicted octanol–water partition coefficient (Wildman–Crippen LogP) is 5.26. The number of nitrogens with two attached hydrogens (primary N) is 1. The van der Waals surface area contributed by atoms with E-state index in [0.29, 0.717) is 84.5 Å². The van der Waals surface area contributed by atoms with E-state index in [4.69, 9.17) is 15.7 Å². The standard InChI is InChI=1S/C41H47N13O4/c1-8-51-33(14-22(3)47-51)38(57)45-40-43-29-16-25(24(5)55)18-31-35(29)53(40)27(20-49(31)6)12-10-11-13-28-21-50(7)32-19-26(37(42)56)17-30-36(32)54(28)41(44-30)46-39(58)34-15-23(4)48-52(34)9-2/h10-11,14-19,27-28H,8-9,12-13,20-21H2,1-7H3,(H2,42,56)(H,43,45,57)(H,44,46,58)/b11-10-/t27-,28-/m0/s1. The van der Waals surface area contributed by atoms with E-state index in [1.54, 1.807) is 39.7 Å². The van der Waals surface area contributed by atoms with Crippen LogP contribution in [0.2, 0.25) is 0 Å². The van der Waals surface area contributed by atoms with Gasteiger partial charge < -0.3 is 24.7 Å². The average molecular weight is 786 g/mol. The van der Waals surface area contributed by atoms with Gasteiger partial charge in [-0.2, -0.15) is 10.2 Å². The lowest BCUT2D eigenvalue weighted by Crippen LogP contribution is -2.33. The lowest BCUT2D eigenvalue weighted by atomic mass is 10.0. The summed E-state index contributed by atoms with van der Waals surface area (Å²) in [4.78, 5) is 66.2. The molecule has 0 saturated heterocycles. The van der Waals surface area contributed by atoms with Crippen LogP contribution in [0.5, 0.6) is 0 Å². The lowest BCUT2D eigenvalue weighted by molar-refractivity contribution is 0.0994. The molecule has 0 fully saturated rings. The molecule has 0 aliphatic carbocycles. The number of amides is 3. The minimum atomic E-state index is -0.560. The number of rotatable bonds is 12. The molecule has 4 aromatic heterocycles. The number of imidazole rings is 2. The molecular formula is C41H47N13O4. The van der Waals surface area contributed by atoms with E-state index in [1.807, 2.05) is 52.4 Å². The number of nitrogens with zero attached hydrogens (tertiary/aromatic N) is 10. The number of primary amides is 1. The number of likely N-dealkylation sites (N-methyl/N-ethyl adjacent to an activating group) is 2. The third-order valence-electron chi connectivity index (χ3n) is 11.0. The van der Waals surface area contributed by atoms with Gasteiger partial charge >= 0.3 is 0 Å². The van der Waals surface area contributed by atoms with Gasteiger partial charge in [-0.25, -0.2) is 9.97 Å². The zero-order chi connectivity index (χ0) is 41.2. The molecule has 4 N–H and O–H groups in total. The Kier molecular flexibility index (Phi) is 9.61. The summed E-state index contributed by atoms with van der Waals surface area (Å²) in [5.41, 5.74) is 13.4. The second kappa shape index (κ2) is 14.6. The number of hydrogen-bond donors (Lipinski definition) is 3. The quantitative estimate of drug-likeness (QED) is 0.109. The van der Waals surface area contributed by atoms with Gasteiger partial charge in [0.05, 0.1) is 56.9 Å². The molecular weight excluding hydrogens is 739 g/mol. The molecule has 6 heterocycles. The minimum absolute atomic E-state index is 0.0658. The van der Waals surface area contributed by atoms with Gasteiger partial charge in [-0.05, 0) is 83.9 Å². The first-order valence-corrected chi connectivity index (χ1v) is 19.5. The van der Waals surface area contributed by atoms with Crippen molar-refractivity contribution in [2.75, 3.05) is 47.6 Å². The molecule has 300 valence electrons. The summed E-state index contributed by atoms with van der Waals surface area (Å²) in [5, 5.41) is 15.0. The van der Waals surface area contributed by atoms with E-state index in [1.165, 1.54) is 6.92 Å². The first-order chi connectivity index (χ1) is 27.8. The molecule has 0 spiro atoms. The summed E-state index contributed by atoms with van der Waals surface area (Å²) in [6.45, 7) is 11.3. The fourth-order valence-electron chi connectivity index (χ4n) is 8.36. The van der Waals surface area contributed by atoms with Crippen LogP contribution in [-0.4, -0.2) is 89.4 Å². The molecule has 6 aromatic rings. The molecule has 3 amide bonds. The monoisotopic (exact) mass is 785 g/mol. The Morgan fingerprint density at radius 3 is 1.55 bits per heavy atom. The number of aromatic nitrogens is 8. The van der Waals surface area contributed by atoms with E-state index >= 15 is 0 Å². The Morgan fingerprint density at radius 1 is 0.707 bits per heavy atom. The van der Waals surface area contributed by atoms with Crippen LogP contribution in [0.25, 0.3) is 22.1 Å². The van der Waals surface area contributed by atoms with Gasteiger partial charge in [-0.15, -0.1) is 0 Å². The summed E-state index contributed by atoms with van der Waals surface area (Å²) in [6, 6.07) is 10.4. The molecule has 17 nitrogen and oxygen atoms in total. The molecule has 2 aliphatic rings. The largest absolute Gasteiger partial charge is 0.371 e. The number of aryl methyl sites for hydroxylation is 4. The van der Waals surface area contributed by atoms with E-state index in [0.717, 1.165) is 33.8 Å². The second-order valence-corrected chi connectivity index (χ2v) is 15.2. The highest BCUT2D eigenvalue weighted by Gasteiger charge is 2.32. The zero-order valence-electron chi connectivity index (χ0n) is 33.7. The number of Topliss-reactive ketones (excluding diaryl/α,β-unsaturated/α-hetero) is 1. The topological polar surface area (TPSA) is 196 Å². The maximum Gasteiger partial charge on any atom is 0.276 e. The smallest absolute Gasteiger partial charge is 0.276 e. The molecule has 17 heteroatoms. The Bertz CT molecular complexity index is 2510. The van der Waals surface area contributed by atoms with Crippen LogP contribution in [0.4, 0.5) is 23.3 Å². The van der Waals surface area contributed by atoms with Crippen LogP contribution >= 0.6 is 0 Å². The lowest BCUT2D eigenvalue weighted by Gasteiger charge is -2.34. The van der Waals surface area contributed by atoms with Gasteiger partial charge in [0.1, 0.15) is 11.4 Å². The number of hydrogen-bond acceptors (Lipinski definition) is 10. The number of allylic oxidation sites excluding steroid dienone is 2. The third kappa shape index (κ3) is 6.55. The van der Waals surface area contributed by atoms with Crippen molar-refractivity contribution < 1.29 is 19.2 Å². The highest BCUT2D eigenvalue weighted by molar-refractivity contribution is 6.07. The van der Waals surface area contributed by atoms with Crippen molar-refractivity contribution in [2.45, 2.75) is 72.6 Å². The predicted molar refractivity (Wildman–Crippen MR) is 222 cm³/mol. The zero-order valence-corrected chi connectivity index (χ0v) is 33.7. The number of ketones is 1. The number of benzene rings is 2. The Hall–Kier alpha value is -6.78. The molecule has 2 atom stereocenters. The van der Waals surface area contributed by atoms with Crippen molar-refractivity contribution in [3.8, 4) is 0 Å². The molecule has 0 radical (unpaired) electrons. The van der Waals surface area contributed by atoms with Crippen LogP contribution in [0.15, 0.2) is 48.6 Å². The van der Waals surface area contributed by atoms with Crippen molar-refractivity contribution >= 4 is 68.8 Å². The van der Waals surface area contributed by atoms with Gasteiger partial charge in [0, 0.05) is 51.4 Å². The normalized spacial score (nSPS) is 16.2. The summed E-state index contributed by atoms with van der Waals surface area (Å²) in [7, 11) is 3.97. The van der Waals surface area contributed by atoms with Crippen LogP contribution in [0.1, 0.15) is 98.8 Å². The fraction of sp³-hybridized carbons (Fsp3) is 0.366. The number of anilines is 4. The fourth-order valence-corrected chi connectivity index (χ4v) is 8.36. The van der Waals surface area contributed by atoms with Gasteiger partial charge in [0.2, 0.25) is 17.8 Å². The van der Waals surface area contributed by atoms with Gasteiger partial charge in [0.25, 0.3) is 11.8 Å². The molecule has 8 rings (SSSR count). The number of carbonyl (C=O) groups excluding carboxylic acids is 4. The molecule has 58 heavy (non-hydrogen) atoms. The van der Waals surface area contributed by atoms with Gasteiger partial charge in [-0.1, -0.05) is 12.2 Å². The highest BCUT2D eigenvalue weighted by Crippen LogP contribution is 2.41. The summed E-state index contributed by atoms with van der Waals surface area (Å²) in [6.07, 6.45) is 5.49. The molecule has 0 bridgehead atoms. The summed E-state index contributed by atoms with van der Waals surface area (Å²) in [5.74, 6) is -0.508. The van der Waals surface area contributed by atoms with Crippen LogP contribution in [-0.2, 0) is 13.1 Å². The van der Waals surface area contributed by atoms with E-state index in [2.05, 4.69) is 47.3 Å². The molecule has 0 unspecified atom stereocenters. The molecule has 2 aliphatic heterocycles. The van der Waals surface area contributed by atoms with Gasteiger partial charge in [0.15, 0.2) is 5.78 Å². The summed E-state index contributed by atoms with van der Waals surface area (Å²) < 4.78 is 7.45. The van der Waals surface area contributed by atoms with E-state index in [-0.39, 0.29) is 29.7 Å². The van der Waals surface area contributed by atoms with Crippen molar-refractivity contribution in [2.24, 2.45) is 5.73 Å². The number of nitrogens with one attached hydrogen (secondary N) is 2. The maximum absolute atomic E-state index is 13.7. The van der Waals surface area contributed by atoms with Crippen LogP contribution in [0.3, 0.4) is 0 Å². The summed E-state index contributed by atoms with van der Waals surface area (Å²) >= 11 is 0. The van der Waals surface area contributed by atoms with E-state index < -0.39 is 5.91 Å². The van der Waals surface area contributed by atoms with Crippen molar-refractivity contribution in [1.82, 2.24) is 38.7 Å². The molecule has 0 saturated carbocycles. The Balaban J connectivity index is 1.11. The van der Waals surface area contributed by atoms with Crippen molar-refractivity contribution in [3.63, 3.8) is 0 Å². The third-order valence-corrected chi connectivity index (χ3v) is 11.0. The van der Waals surface area contributed by atoms with Gasteiger partial charge in [-0.3, -0.25) is 39.2 Å². The van der Waals surface area contributed by atoms with E-state index in [9.17, 15) is 19.2 Å². The second-order valence-electron chi connectivity index (χ2n) is 15.2.